The summed E-state index contributed by atoms with van der Waals surface area (Å²) in [5, 5.41) is 0. The lowest BCUT2D eigenvalue weighted by molar-refractivity contribution is 0.127. The molecule has 0 aliphatic carbocycles. The lowest BCUT2D eigenvalue weighted by Gasteiger charge is -2.27. The highest BCUT2D eigenvalue weighted by Gasteiger charge is 2.26. The molecule has 2 aromatic rings. The van der Waals surface area contributed by atoms with Gasteiger partial charge in [0.25, 0.3) is 0 Å². The molecule has 4 heteroatoms. The Kier molecular flexibility index (Phi) is 7.09. The molecule has 2 aromatic carbocycles. The number of hydrogen-bond donors (Lipinski definition) is 0. The zero-order valence-corrected chi connectivity index (χ0v) is 14.8. The molecule has 2 atom stereocenters. The first kappa shape index (κ1) is 18.3. The third-order valence-corrected chi connectivity index (χ3v) is 4.22. The van der Waals surface area contributed by atoms with E-state index >= 15 is 0 Å². The van der Waals surface area contributed by atoms with Crippen molar-refractivity contribution in [2.75, 3.05) is 41.7 Å². The SMILES string of the molecule is COCC(c1cccc(OC)c1)C(COC)c1cccc(OC)c1. The van der Waals surface area contributed by atoms with Crippen molar-refractivity contribution in [3.05, 3.63) is 59.7 Å². The van der Waals surface area contributed by atoms with Crippen LogP contribution in [0.4, 0.5) is 0 Å². The maximum atomic E-state index is 5.51. The summed E-state index contributed by atoms with van der Waals surface area (Å²) < 4.78 is 21.8. The first-order chi connectivity index (χ1) is 11.7. The summed E-state index contributed by atoms with van der Waals surface area (Å²) in [5.74, 6) is 1.99. The Morgan fingerprint density at radius 3 is 1.42 bits per heavy atom. The van der Waals surface area contributed by atoms with Crippen LogP contribution in [0, 0.1) is 0 Å². The van der Waals surface area contributed by atoms with Crippen LogP contribution < -0.4 is 9.47 Å². The minimum absolute atomic E-state index is 0.150. The smallest absolute Gasteiger partial charge is 0.119 e. The van der Waals surface area contributed by atoms with Gasteiger partial charge in [-0.3, -0.25) is 0 Å². The monoisotopic (exact) mass is 330 g/mol. The average molecular weight is 330 g/mol. The molecule has 0 aliphatic rings. The molecule has 0 spiro atoms. The molecule has 0 saturated carbocycles. The van der Waals surface area contributed by atoms with Gasteiger partial charge in [-0.2, -0.15) is 0 Å². The summed E-state index contributed by atoms with van der Waals surface area (Å²) in [6.45, 7) is 1.19. The summed E-state index contributed by atoms with van der Waals surface area (Å²) in [5.41, 5.74) is 2.34. The number of rotatable bonds is 9. The first-order valence-electron chi connectivity index (χ1n) is 7.99. The van der Waals surface area contributed by atoms with Gasteiger partial charge in [-0.15, -0.1) is 0 Å². The van der Waals surface area contributed by atoms with E-state index in [-0.39, 0.29) is 11.8 Å². The highest BCUT2D eigenvalue weighted by atomic mass is 16.5. The second-order valence-corrected chi connectivity index (χ2v) is 5.68. The van der Waals surface area contributed by atoms with Crippen LogP contribution in [0.2, 0.25) is 0 Å². The summed E-state index contributed by atoms with van der Waals surface area (Å²) in [7, 11) is 6.81. The van der Waals surface area contributed by atoms with Crippen molar-refractivity contribution in [3.8, 4) is 11.5 Å². The fourth-order valence-electron chi connectivity index (χ4n) is 2.99. The van der Waals surface area contributed by atoms with Crippen molar-refractivity contribution in [1.29, 1.82) is 0 Å². The Bertz CT molecular complexity index is 571. The highest BCUT2D eigenvalue weighted by Crippen LogP contribution is 2.36. The van der Waals surface area contributed by atoms with Gasteiger partial charge in [-0.05, 0) is 35.4 Å². The Morgan fingerprint density at radius 2 is 1.08 bits per heavy atom. The first-order valence-corrected chi connectivity index (χ1v) is 7.99. The Morgan fingerprint density at radius 1 is 0.667 bits per heavy atom. The van der Waals surface area contributed by atoms with Crippen LogP contribution in [0.3, 0.4) is 0 Å². The summed E-state index contributed by atoms with van der Waals surface area (Å²) >= 11 is 0. The summed E-state index contributed by atoms with van der Waals surface area (Å²) in [6, 6.07) is 16.2. The predicted octanol–water partition coefficient (Wildman–Crippen LogP) is 3.86. The van der Waals surface area contributed by atoms with Crippen molar-refractivity contribution in [2.24, 2.45) is 0 Å². The maximum absolute atomic E-state index is 5.51. The van der Waals surface area contributed by atoms with Crippen LogP contribution in [0.15, 0.2) is 48.5 Å². The van der Waals surface area contributed by atoms with E-state index in [2.05, 4.69) is 24.3 Å². The van der Waals surface area contributed by atoms with Crippen LogP contribution in [-0.4, -0.2) is 41.7 Å². The van der Waals surface area contributed by atoms with Gasteiger partial charge in [0, 0.05) is 26.1 Å². The van der Waals surface area contributed by atoms with E-state index < -0.39 is 0 Å². The number of ether oxygens (including phenoxy) is 4. The quantitative estimate of drug-likeness (QED) is 0.699. The van der Waals surface area contributed by atoms with Gasteiger partial charge >= 0.3 is 0 Å². The zero-order valence-electron chi connectivity index (χ0n) is 14.8. The second kappa shape index (κ2) is 9.30. The number of methoxy groups -OCH3 is 4. The third kappa shape index (κ3) is 4.49. The van der Waals surface area contributed by atoms with Gasteiger partial charge < -0.3 is 18.9 Å². The minimum Gasteiger partial charge on any atom is -0.497 e. The molecule has 0 aliphatic heterocycles. The molecule has 130 valence electrons. The van der Waals surface area contributed by atoms with Crippen LogP contribution in [0.5, 0.6) is 11.5 Å². The molecular formula is C20H26O4. The standard InChI is InChI=1S/C20H26O4/c1-21-13-19(15-7-5-9-17(11-15)23-3)20(14-22-2)16-8-6-10-18(12-16)24-4/h5-12,19-20H,13-14H2,1-4H3. The Hall–Kier alpha value is -2.04. The second-order valence-electron chi connectivity index (χ2n) is 5.68. The fourth-order valence-corrected chi connectivity index (χ4v) is 2.99. The normalized spacial score (nSPS) is 13.3. The molecule has 0 aromatic heterocycles. The topological polar surface area (TPSA) is 36.9 Å². The van der Waals surface area contributed by atoms with E-state index in [1.807, 2.05) is 24.3 Å². The molecule has 0 N–H and O–H groups in total. The largest absolute Gasteiger partial charge is 0.497 e. The van der Waals surface area contributed by atoms with E-state index in [1.54, 1.807) is 28.4 Å². The van der Waals surface area contributed by atoms with E-state index in [4.69, 9.17) is 18.9 Å². The molecule has 0 radical (unpaired) electrons. The molecule has 0 heterocycles. The molecule has 4 nitrogen and oxygen atoms in total. The third-order valence-electron chi connectivity index (χ3n) is 4.22. The lowest BCUT2D eigenvalue weighted by Crippen LogP contribution is -2.20. The van der Waals surface area contributed by atoms with E-state index in [0.29, 0.717) is 13.2 Å². The molecule has 0 fully saturated rings. The number of benzene rings is 2. The predicted molar refractivity (Wildman–Crippen MR) is 95.2 cm³/mol. The molecular weight excluding hydrogens is 304 g/mol. The van der Waals surface area contributed by atoms with E-state index in [9.17, 15) is 0 Å². The van der Waals surface area contributed by atoms with Crippen molar-refractivity contribution >= 4 is 0 Å². The van der Waals surface area contributed by atoms with Crippen LogP contribution in [0.25, 0.3) is 0 Å². The fraction of sp³-hybridized carbons (Fsp3) is 0.400. The zero-order chi connectivity index (χ0) is 17.4. The molecule has 0 bridgehead atoms. The Labute approximate surface area is 144 Å². The van der Waals surface area contributed by atoms with Crippen molar-refractivity contribution in [2.45, 2.75) is 11.8 Å². The van der Waals surface area contributed by atoms with Gasteiger partial charge in [0.1, 0.15) is 11.5 Å². The van der Waals surface area contributed by atoms with Crippen molar-refractivity contribution in [3.63, 3.8) is 0 Å². The molecule has 0 saturated heterocycles. The van der Waals surface area contributed by atoms with Gasteiger partial charge in [0.05, 0.1) is 27.4 Å². The van der Waals surface area contributed by atoms with Gasteiger partial charge in [0.15, 0.2) is 0 Å². The van der Waals surface area contributed by atoms with E-state index in [1.165, 1.54) is 11.1 Å². The van der Waals surface area contributed by atoms with Crippen molar-refractivity contribution in [1.82, 2.24) is 0 Å². The number of hydrogen-bond acceptors (Lipinski definition) is 4. The minimum atomic E-state index is 0.150. The molecule has 2 rings (SSSR count). The lowest BCUT2D eigenvalue weighted by atomic mass is 9.82. The van der Waals surface area contributed by atoms with E-state index in [0.717, 1.165) is 11.5 Å². The van der Waals surface area contributed by atoms with Crippen LogP contribution >= 0.6 is 0 Å². The van der Waals surface area contributed by atoms with Gasteiger partial charge in [-0.1, -0.05) is 24.3 Å². The highest BCUT2D eigenvalue weighted by molar-refractivity contribution is 5.37. The molecule has 2 unspecified atom stereocenters. The van der Waals surface area contributed by atoms with Gasteiger partial charge in [0.2, 0.25) is 0 Å². The maximum Gasteiger partial charge on any atom is 0.119 e. The molecule has 0 amide bonds. The summed E-state index contributed by atoms with van der Waals surface area (Å²) in [4.78, 5) is 0. The van der Waals surface area contributed by atoms with Gasteiger partial charge in [-0.25, -0.2) is 0 Å². The van der Waals surface area contributed by atoms with Crippen LogP contribution in [-0.2, 0) is 9.47 Å². The molecule has 24 heavy (non-hydrogen) atoms. The summed E-state index contributed by atoms with van der Waals surface area (Å²) in [6.07, 6.45) is 0. The van der Waals surface area contributed by atoms with Crippen LogP contribution in [0.1, 0.15) is 23.0 Å². The van der Waals surface area contributed by atoms with Crippen molar-refractivity contribution < 1.29 is 18.9 Å². The average Bonchev–Trinajstić information content (AvgIpc) is 2.64. The Balaban J connectivity index is 2.42.